The van der Waals surface area contributed by atoms with Gasteiger partial charge in [0.05, 0.1) is 17.8 Å². The van der Waals surface area contributed by atoms with Crippen molar-refractivity contribution >= 4 is 11.6 Å². The van der Waals surface area contributed by atoms with Crippen LogP contribution in [0, 0.1) is 6.92 Å². The normalized spacial score (nSPS) is 12.9. The number of carbonyl (C=O) groups excluding carboxylic acids is 1. The summed E-state index contributed by atoms with van der Waals surface area (Å²) in [4.78, 5) is 34.0. The summed E-state index contributed by atoms with van der Waals surface area (Å²) in [7, 11) is 0. The summed E-state index contributed by atoms with van der Waals surface area (Å²) in [5, 5.41) is 10.5. The second-order valence-electron chi connectivity index (χ2n) is 9.01. The molecule has 3 N–H and O–H groups in total. The molecule has 0 aliphatic heterocycles. The molecule has 0 saturated heterocycles. The van der Waals surface area contributed by atoms with Crippen LogP contribution >= 0.6 is 0 Å². The van der Waals surface area contributed by atoms with Crippen LogP contribution < -0.4 is 11.3 Å². The smallest absolute Gasteiger partial charge is 0.261 e. The Morgan fingerprint density at radius 1 is 1.06 bits per heavy atom. The van der Waals surface area contributed by atoms with E-state index in [0.717, 1.165) is 11.1 Å². The largest absolute Gasteiger partial charge is 0.390 e. The second kappa shape index (κ2) is 11.3. The molecule has 2 unspecified atom stereocenters. The average molecular weight is 485 g/mol. The molecule has 0 radical (unpaired) electrons. The highest BCUT2D eigenvalue weighted by molar-refractivity contribution is 5.94. The van der Waals surface area contributed by atoms with Crippen molar-refractivity contribution in [3.8, 4) is 0 Å². The van der Waals surface area contributed by atoms with Gasteiger partial charge in [-0.25, -0.2) is 4.98 Å². The number of fused-ring (bicyclic) bond motifs is 1. The first kappa shape index (κ1) is 25.3. The van der Waals surface area contributed by atoms with Gasteiger partial charge in [-0.1, -0.05) is 61.0 Å². The minimum absolute atomic E-state index is 0.0127. The van der Waals surface area contributed by atoms with Gasteiger partial charge in [0.2, 0.25) is 0 Å². The number of benzene rings is 2. The number of aliphatic hydroxyl groups excluding tert-OH is 1. The summed E-state index contributed by atoms with van der Waals surface area (Å²) >= 11 is 0. The van der Waals surface area contributed by atoms with E-state index in [1.165, 1.54) is 4.40 Å². The number of hydrogen-bond acceptors (Lipinski definition) is 5. The summed E-state index contributed by atoms with van der Waals surface area (Å²) in [6.07, 6.45) is 1.68. The summed E-state index contributed by atoms with van der Waals surface area (Å²) < 4.78 is 1.54. The molecule has 36 heavy (non-hydrogen) atoms. The topological polar surface area (TPSA) is 101 Å². The predicted octanol–water partition coefficient (Wildman–Crippen LogP) is 3.51. The molecule has 0 fully saturated rings. The Kier molecular flexibility index (Phi) is 7.93. The third-order valence-electron chi connectivity index (χ3n) is 6.40. The molecule has 4 aromatic rings. The molecular weight excluding hydrogens is 452 g/mol. The summed E-state index contributed by atoms with van der Waals surface area (Å²) in [6.45, 7) is 3.96. The molecule has 7 nitrogen and oxygen atoms in total. The fraction of sp³-hybridized carbons (Fsp3) is 0.276. The van der Waals surface area contributed by atoms with Gasteiger partial charge in [0.15, 0.2) is 0 Å². The summed E-state index contributed by atoms with van der Waals surface area (Å²) in [6, 6.07) is 21.9. The Labute approximate surface area is 210 Å². The van der Waals surface area contributed by atoms with Crippen LogP contribution in [0.25, 0.3) is 5.65 Å². The molecule has 0 aliphatic rings. The zero-order chi connectivity index (χ0) is 25.7. The van der Waals surface area contributed by atoms with Crippen LogP contribution in [0.4, 0.5) is 0 Å². The molecule has 0 bridgehead atoms. The molecule has 1 amide bonds. The fourth-order valence-corrected chi connectivity index (χ4v) is 4.46. The quantitative estimate of drug-likeness (QED) is 0.379. The molecular formula is C29H32N4O3. The first-order valence-electron chi connectivity index (χ1n) is 12.2. The van der Waals surface area contributed by atoms with Crippen molar-refractivity contribution < 1.29 is 9.90 Å². The number of pyridine rings is 1. The van der Waals surface area contributed by atoms with Gasteiger partial charge in [-0.15, -0.1) is 0 Å². The predicted molar refractivity (Wildman–Crippen MR) is 141 cm³/mol. The van der Waals surface area contributed by atoms with E-state index in [9.17, 15) is 14.7 Å². The summed E-state index contributed by atoms with van der Waals surface area (Å²) in [5.41, 5.74) is 9.67. The van der Waals surface area contributed by atoms with E-state index in [2.05, 4.69) is 0 Å². The Morgan fingerprint density at radius 3 is 2.42 bits per heavy atom. The van der Waals surface area contributed by atoms with E-state index in [1.54, 1.807) is 35.4 Å². The van der Waals surface area contributed by atoms with Gasteiger partial charge >= 0.3 is 0 Å². The number of hydrogen-bond donors (Lipinski definition) is 2. The lowest BCUT2D eigenvalue weighted by atomic mass is 9.97. The van der Waals surface area contributed by atoms with E-state index in [1.807, 2.05) is 62.4 Å². The lowest BCUT2D eigenvalue weighted by Gasteiger charge is -2.33. The van der Waals surface area contributed by atoms with Gasteiger partial charge in [0.25, 0.3) is 11.5 Å². The molecule has 0 spiro atoms. The van der Waals surface area contributed by atoms with Crippen LogP contribution in [0.2, 0.25) is 0 Å². The molecule has 0 saturated carbocycles. The maximum absolute atomic E-state index is 13.8. The molecule has 2 aromatic carbocycles. The fourth-order valence-electron chi connectivity index (χ4n) is 4.46. The Hall–Kier alpha value is -3.81. The first-order valence-corrected chi connectivity index (χ1v) is 12.2. The van der Waals surface area contributed by atoms with E-state index in [0.29, 0.717) is 35.3 Å². The molecule has 0 aliphatic carbocycles. The highest BCUT2D eigenvalue weighted by Crippen LogP contribution is 2.28. The number of nitrogens with two attached hydrogens (primary N) is 1. The van der Waals surface area contributed by atoms with Crippen molar-refractivity contribution in [2.75, 3.05) is 13.1 Å². The maximum atomic E-state index is 13.8. The lowest BCUT2D eigenvalue weighted by Crippen LogP contribution is -2.43. The van der Waals surface area contributed by atoms with Crippen molar-refractivity contribution in [1.82, 2.24) is 14.3 Å². The van der Waals surface area contributed by atoms with Crippen LogP contribution in [-0.2, 0) is 6.42 Å². The van der Waals surface area contributed by atoms with Gasteiger partial charge in [-0.05, 0) is 43.2 Å². The van der Waals surface area contributed by atoms with Gasteiger partial charge in [-0.2, -0.15) is 0 Å². The monoisotopic (exact) mass is 484 g/mol. The summed E-state index contributed by atoms with van der Waals surface area (Å²) in [5.74, 6) is -0.241. The zero-order valence-electron chi connectivity index (χ0n) is 20.7. The van der Waals surface area contributed by atoms with E-state index in [-0.39, 0.29) is 24.6 Å². The third-order valence-corrected chi connectivity index (χ3v) is 6.40. The molecule has 186 valence electrons. The second-order valence-corrected chi connectivity index (χ2v) is 9.01. The number of aliphatic hydroxyl groups is 1. The van der Waals surface area contributed by atoms with Crippen molar-refractivity contribution in [3.63, 3.8) is 0 Å². The van der Waals surface area contributed by atoms with Crippen molar-refractivity contribution in [1.29, 1.82) is 0 Å². The highest BCUT2D eigenvalue weighted by atomic mass is 16.3. The van der Waals surface area contributed by atoms with E-state index < -0.39 is 12.1 Å². The van der Waals surface area contributed by atoms with Crippen LogP contribution in [0.1, 0.15) is 52.1 Å². The van der Waals surface area contributed by atoms with Crippen molar-refractivity contribution in [3.05, 3.63) is 117 Å². The Morgan fingerprint density at radius 2 is 1.75 bits per heavy atom. The standard InChI is InChI=1S/C29H32N4O3/c1-3-25(33(19-23(34)18-30)28(35)22-14-12-20(2)13-15-22)27-24(17-21-9-5-4-6-10-21)29(36)32-16-8-7-11-26(32)31-27/h4-16,23,25,34H,3,17-19,30H2,1-2H3. The Balaban J connectivity index is 1.88. The average Bonchev–Trinajstić information content (AvgIpc) is 2.91. The SMILES string of the molecule is CCC(c1nc2ccccn2c(=O)c1Cc1ccccc1)N(CC(O)CN)C(=O)c1ccc(C)cc1. The molecule has 2 atom stereocenters. The minimum atomic E-state index is -0.910. The lowest BCUT2D eigenvalue weighted by molar-refractivity contribution is 0.0510. The first-order chi connectivity index (χ1) is 17.4. The number of rotatable bonds is 9. The molecule has 7 heteroatoms. The van der Waals surface area contributed by atoms with Crippen LogP contribution in [0.15, 0.2) is 83.8 Å². The van der Waals surface area contributed by atoms with Gasteiger partial charge in [0.1, 0.15) is 5.65 Å². The van der Waals surface area contributed by atoms with Gasteiger partial charge < -0.3 is 15.7 Å². The van der Waals surface area contributed by atoms with Gasteiger partial charge in [0, 0.05) is 36.8 Å². The number of amides is 1. The van der Waals surface area contributed by atoms with Gasteiger partial charge in [-0.3, -0.25) is 14.0 Å². The molecule has 4 rings (SSSR count). The van der Waals surface area contributed by atoms with Crippen molar-refractivity contribution in [2.24, 2.45) is 5.73 Å². The van der Waals surface area contributed by atoms with E-state index in [4.69, 9.17) is 10.7 Å². The number of carbonyl (C=O) groups is 1. The number of aromatic nitrogens is 2. The zero-order valence-corrected chi connectivity index (χ0v) is 20.7. The third kappa shape index (κ3) is 5.37. The van der Waals surface area contributed by atoms with E-state index >= 15 is 0 Å². The highest BCUT2D eigenvalue weighted by Gasteiger charge is 2.31. The van der Waals surface area contributed by atoms with Crippen LogP contribution in [-0.4, -0.2) is 44.5 Å². The molecule has 2 aromatic heterocycles. The molecule has 2 heterocycles. The van der Waals surface area contributed by atoms with Crippen LogP contribution in [0.5, 0.6) is 0 Å². The number of aryl methyl sites for hydroxylation is 1. The van der Waals surface area contributed by atoms with Crippen LogP contribution in [0.3, 0.4) is 0 Å². The maximum Gasteiger partial charge on any atom is 0.261 e. The number of nitrogens with zero attached hydrogens (tertiary/aromatic N) is 3. The minimum Gasteiger partial charge on any atom is -0.390 e. The Bertz CT molecular complexity index is 1380. The van der Waals surface area contributed by atoms with Crippen molar-refractivity contribution in [2.45, 2.75) is 38.8 Å².